The molecule has 10 nitrogen and oxygen atoms in total. The molecule has 0 unspecified atom stereocenters. The molecular formula is C34H31IN2O8. The lowest BCUT2D eigenvalue weighted by Gasteiger charge is -2.19. The van der Waals surface area contributed by atoms with Crippen LogP contribution in [-0.4, -0.2) is 47.4 Å². The molecule has 0 aliphatic heterocycles. The van der Waals surface area contributed by atoms with E-state index >= 15 is 0 Å². The zero-order valence-electron chi connectivity index (χ0n) is 24.6. The number of halogens is 1. The van der Waals surface area contributed by atoms with Crippen molar-refractivity contribution in [3.05, 3.63) is 93.6 Å². The zero-order chi connectivity index (χ0) is 32.5. The Morgan fingerprint density at radius 3 is 1.71 bits per heavy atom. The van der Waals surface area contributed by atoms with Crippen molar-refractivity contribution in [3.63, 3.8) is 0 Å². The molecule has 0 saturated carbocycles. The van der Waals surface area contributed by atoms with Crippen molar-refractivity contribution in [1.29, 1.82) is 0 Å². The lowest BCUT2D eigenvalue weighted by atomic mass is 9.92. The number of rotatable bonds is 11. The Bertz CT molecular complexity index is 1850. The van der Waals surface area contributed by atoms with Crippen LogP contribution in [0, 0.1) is 3.57 Å². The highest BCUT2D eigenvalue weighted by Crippen LogP contribution is 2.45. The van der Waals surface area contributed by atoms with Crippen LogP contribution in [0.5, 0.6) is 11.5 Å². The molecule has 232 valence electrons. The van der Waals surface area contributed by atoms with Crippen LogP contribution in [0.2, 0.25) is 0 Å². The molecule has 4 rings (SSSR count). The molecule has 4 aromatic carbocycles. The summed E-state index contributed by atoms with van der Waals surface area (Å²) in [5.41, 5.74) is 1.44. The Morgan fingerprint density at radius 2 is 1.18 bits per heavy atom. The minimum Gasteiger partial charge on any atom is -0.478 e. The minimum absolute atomic E-state index is 0.161. The molecule has 11 heteroatoms. The van der Waals surface area contributed by atoms with Gasteiger partial charge in [-0.05, 0) is 95.1 Å². The molecule has 4 N–H and O–H groups in total. The number of carbonyl (C=O) groups excluding carboxylic acids is 2. The van der Waals surface area contributed by atoms with E-state index in [0.29, 0.717) is 24.0 Å². The topological polar surface area (TPSA) is 151 Å². The SMILES string of the molecule is C/C(=C\CCNC(=O)Oc1ccc2ccccc2c1-c1c(OC(=O)NCC/C=C(\C)C(=O)O)ccc2cc(I)ccc12)C(=O)O. The van der Waals surface area contributed by atoms with Crippen molar-refractivity contribution in [2.75, 3.05) is 13.1 Å². The fraction of sp³-hybridized carbons (Fsp3) is 0.176. The summed E-state index contributed by atoms with van der Waals surface area (Å²) in [4.78, 5) is 47.9. The Morgan fingerprint density at radius 1 is 0.689 bits per heavy atom. The summed E-state index contributed by atoms with van der Waals surface area (Å²) in [5, 5.41) is 26.6. The lowest BCUT2D eigenvalue weighted by molar-refractivity contribution is -0.133. The number of hydrogen-bond donors (Lipinski definition) is 4. The molecule has 0 aromatic heterocycles. The molecular weight excluding hydrogens is 691 g/mol. The van der Waals surface area contributed by atoms with Gasteiger partial charge in [-0.25, -0.2) is 19.2 Å². The summed E-state index contributed by atoms with van der Waals surface area (Å²) >= 11 is 2.22. The Hall–Kier alpha value is -4.91. The van der Waals surface area contributed by atoms with E-state index in [0.717, 1.165) is 25.1 Å². The van der Waals surface area contributed by atoms with Crippen molar-refractivity contribution in [2.45, 2.75) is 26.7 Å². The quantitative estimate of drug-likeness (QED) is 0.0717. The van der Waals surface area contributed by atoms with Gasteiger partial charge < -0.3 is 30.3 Å². The largest absolute Gasteiger partial charge is 0.478 e. The Balaban J connectivity index is 1.72. The van der Waals surface area contributed by atoms with E-state index in [1.54, 1.807) is 12.1 Å². The van der Waals surface area contributed by atoms with Gasteiger partial charge in [-0.15, -0.1) is 0 Å². The number of benzene rings is 4. The second-order valence-corrected chi connectivity index (χ2v) is 11.3. The van der Waals surface area contributed by atoms with E-state index in [-0.39, 0.29) is 35.7 Å². The first-order valence-electron chi connectivity index (χ1n) is 14.0. The first-order chi connectivity index (χ1) is 21.5. The Labute approximate surface area is 272 Å². The van der Waals surface area contributed by atoms with Crippen LogP contribution in [0.15, 0.2) is 90.0 Å². The standard InChI is InChI=1S/C34H31IN2O8/c1-20(31(38)39)7-5-17-36-33(42)44-27-15-11-22-9-3-4-10-25(22)29(27)30-26-14-13-24(35)19-23(26)12-16-28(30)45-34(43)37-18-6-8-21(2)32(40)41/h3-4,7-16,19H,5-6,17-18H2,1-2H3,(H,36,42)(H,37,43)(H,38,39)(H,40,41)/b20-7+,21-8+. The third kappa shape index (κ3) is 8.60. The fourth-order valence-corrected chi connectivity index (χ4v) is 5.11. The van der Waals surface area contributed by atoms with E-state index in [9.17, 15) is 19.2 Å². The van der Waals surface area contributed by atoms with Crippen LogP contribution in [0.1, 0.15) is 26.7 Å². The zero-order valence-corrected chi connectivity index (χ0v) is 26.7. The smallest absolute Gasteiger partial charge is 0.412 e. The van der Waals surface area contributed by atoms with Crippen molar-refractivity contribution >= 4 is 68.3 Å². The summed E-state index contributed by atoms with van der Waals surface area (Å²) in [6, 6.07) is 20.4. The summed E-state index contributed by atoms with van der Waals surface area (Å²) in [6.45, 7) is 3.28. The number of nitrogens with one attached hydrogen (secondary N) is 2. The van der Waals surface area contributed by atoms with Gasteiger partial charge in [0.25, 0.3) is 0 Å². The normalized spacial score (nSPS) is 11.7. The third-order valence-electron chi connectivity index (χ3n) is 6.89. The summed E-state index contributed by atoms with van der Waals surface area (Å²) in [7, 11) is 0. The van der Waals surface area contributed by atoms with Gasteiger partial charge in [-0.3, -0.25) is 0 Å². The molecule has 0 spiro atoms. The highest BCUT2D eigenvalue weighted by molar-refractivity contribution is 14.1. The van der Waals surface area contributed by atoms with Gasteiger partial charge >= 0.3 is 24.1 Å². The summed E-state index contributed by atoms with van der Waals surface area (Å²) in [5.74, 6) is -1.59. The minimum atomic E-state index is -1.03. The number of aliphatic carboxylic acids is 2. The van der Waals surface area contributed by atoms with E-state index in [4.69, 9.17) is 19.7 Å². The number of carboxylic acid groups (broad SMARTS) is 2. The molecule has 2 amide bonds. The van der Waals surface area contributed by atoms with Gasteiger partial charge in [0, 0.05) is 38.9 Å². The van der Waals surface area contributed by atoms with Crippen LogP contribution < -0.4 is 20.1 Å². The fourth-order valence-electron chi connectivity index (χ4n) is 4.59. The molecule has 0 saturated heterocycles. The van der Waals surface area contributed by atoms with Gasteiger partial charge in [0.15, 0.2) is 0 Å². The van der Waals surface area contributed by atoms with Crippen LogP contribution in [-0.2, 0) is 9.59 Å². The maximum atomic E-state index is 12.9. The van der Waals surface area contributed by atoms with E-state index < -0.39 is 24.1 Å². The van der Waals surface area contributed by atoms with Crippen LogP contribution >= 0.6 is 22.6 Å². The maximum Gasteiger partial charge on any atom is 0.412 e. The maximum absolute atomic E-state index is 12.9. The molecule has 0 aliphatic carbocycles. The van der Waals surface area contributed by atoms with Crippen LogP contribution in [0.4, 0.5) is 9.59 Å². The second-order valence-electron chi connectivity index (χ2n) is 10.1. The number of fused-ring (bicyclic) bond motifs is 2. The molecule has 45 heavy (non-hydrogen) atoms. The van der Waals surface area contributed by atoms with Crippen LogP contribution in [0.3, 0.4) is 0 Å². The first-order valence-corrected chi connectivity index (χ1v) is 15.1. The van der Waals surface area contributed by atoms with Gasteiger partial charge in [0.2, 0.25) is 0 Å². The van der Waals surface area contributed by atoms with Crippen molar-refractivity contribution < 1.29 is 38.9 Å². The van der Waals surface area contributed by atoms with Gasteiger partial charge in [0.05, 0.1) is 0 Å². The van der Waals surface area contributed by atoms with Crippen molar-refractivity contribution in [3.8, 4) is 22.6 Å². The molecule has 0 aliphatic rings. The average molecular weight is 723 g/mol. The number of hydrogen-bond acceptors (Lipinski definition) is 6. The predicted molar refractivity (Wildman–Crippen MR) is 180 cm³/mol. The highest BCUT2D eigenvalue weighted by atomic mass is 127. The highest BCUT2D eigenvalue weighted by Gasteiger charge is 2.22. The molecule has 0 radical (unpaired) electrons. The average Bonchev–Trinajstić information content (AvgIpc) is 3.01. The molecule has 4 aromatic rings. The van der Waals surface area contributed by atoms with E-state index in [1.165, 1.54) is 26.0 Å². The van der Waals surface area contributed by atoms with E-state index in [2.05, 4.69) is 33.2 Å². The molecule has 0 bridgehead atoms. The monoisotopic (exact) mass is 722 g/mol. The summed E-state index contributed by atoms with van der Waals surface area (Å²) in [6.07, 6.45) is 2.18. The molecule has 0 heterocycles. The van der Waals surface area contributed by atoms with Gasteiger partial charge in [-0.2, -0.15) is 0 Å². The van der Waals surface area contributed by atoms with E-state index in [1.807, 2.05) is 54.6 Å². The van der Waals surface area contributed by atoms with Gasteiger partial charge in [0.1, 0.15) is 11.5 Å². The number of amides is 2. The molecule has 0 atom stereocenters. The van der Waals surface area contributed by atoms with Crippen molar-refractivity contribution in [2.24, 2.45) is 0 Å². The number of carboxylic acids is 2. The van der Waals surface area contributed by atoms with Gasteiger partial charge in [-0.1, -0.05) is 54.6 Å². The first kappa shape index (κ1) is 33.0. The van der Waals surface area contributed by atoms with Crippen LogP contribution in [0.25, 0.3) is 32.7 Å². The van der Waals surface area contributed by atoms with Crippen molar-refractivity contribution in [1.82, 2.24) is 10.6 Å². The molecule has 0 fully saturated rings. The second kappa shape index (κ2) is 15.2. The predicted octanol–water partition coefficient (Wildman–Crippen LogP) is 7.28. The number of ether oxygens (including phenoxy) is 2. The third-order valence-corrected chi connectivity index (χ3v) is 7.56. The summed E-state index contributed by atoms with van der Waals surface area (Å²) < 4.78 is 12.6. The lowest BCUT2D eigenvalue weighted by Crippen LogP contribution is -2.28. The number of carbonyl (C=O) groups is 4. The Kier molecular flexibility index (Phi) is 11.1.